The van der Waals surface area contributed by atoms with Gasteiger partial charge in [-0.3, -0.25) is 4.79 Å². The van der Waals surface area contributed by atoms with Crippen molar-refractivity contribution in [1.29, 1.82) is 0 Å². The summed E-state index contributed by atoms with van der Waals surface area (Å²) in [5, 5.41) is 2.66. The summed E-state index contributed by atoms with van der Waals surface area (Å²) < 4.78 is 5.11. The van der Waals surface area contributed by atoms with E-state index in [0.29, 0.717) is 18.2 Å². The molecule has 3 aromatic rings. The smallest absolute Gasteiger partial charge is 0.273 e. The molecular weight excluding hydrogens is 372 g/mol. The Hall–Kier alpha value is -2.67. The van der Waals surface area contributed by atoms with Crippen molar-refractivity contribution in [3.63, 3.8) is 0 Å². The van der Waals surface area contributed by atoms with Gasteiger partial charge in [0.1, 0.15) is 22.8 Å². The Morgan fingerprint density at radius 3 is 2.86 bits per heavy atom. The maximum absolute atomic E-state index is 12.9. The first-order valence-corrected chi connectivity index (χ1v) is 10.6. The third-order valence-electron chi connectivity index (χ3n) is 5.23. The highest BCUT2D eigenvalue weighted by atomic mass is 32.1. The monoisotopic (exact) mass is 396 g/mol. The second-order valence-corrected chi connectivity index (χ2v) is 7.87. The molecule has 28 heavy (non-hydrogen) atoms. The molecule has 1 saturated heterocycles. The van der Waals surface area contributed by atoms with Crippen LogP contribution in [0.15, 0.2) is 52.8 Å². The van der Waals surface area contributed by atoms with E-state index in [4.69, 9.17) is 4.42 Å². The fourth-order valence-electron chi connectivity index (χ4n) is 3.61. The zero-order valence-corrected chi connectivity index (χ0v) is 16.8. The maximum atomic E-state index is 12.9. The number of carbonyl (C=O) groups excluding carboxylic acids is 1. The van der Waals surface area contributed by atoms with E-state index >= 15 is 0 Å². The van der Waals surface area contributed by atoms with Crippen molar-refractivity contribution in [2.75, 3.05) is 31.1 Å². The highest BCUT2D eigenvalue weighted by Gasteiger charge is 2.25. The zero-order valence-electron chi connectivity index (χ0n) is 16.0. The largest absolute Gasteiger partial charge is 0.472 e. The number of carbonyl (C=O) groups is 1. The van der Waals surface area contributed by atoms with Gasteiger partial charge in [-0.05, 0) is 43.9 Å². The molecule has 146 valence electrons. The van der Waals surface area contributed by atoms with Crippen LogP contribution in [0.3, 0.4) is 0 Å². The van der Waals surface area contributed by atoms with Crippen molar-refractivity contribution in [2.24, 2.45) is 5.92 Å². The fraction of sp³-hybridized carbons (Fsp3) is 0.381. The van der Waals surface area contributed by atoms with E-state index in [-0.39, 0.29) is 5.91 Å². The van der Waals surface area contributed by atoms with Crippen molar-refractivity contribution in [2.45, 2.75) is 19.8 Å². The van der Waals surface area contributed by atoms with Crippen LogP contribution in [-0.2, 0) is 0 Å². The Balaban J connectivity index is 1.35. The number of hydrogen-bond acceptors (Lipinski definition) is 6. The van der Waals surface area contributed by atoms with E-state index in [1.807, 2.05) is 41.6 Å². The van der Waals surface area contributed by atoms with Gasteiger partial charge in [0.15, 0.2) is 0 Å². The molecule has 4 heterocycles. The number of anilines is 1. The second-order valence-electron chi connectivity index (χ2n) is 7.01. The molecule has 7 heteroatoms. The standard InChI is InChI=1S/C21H24N4O2S/c1-2-24(21(26)18-15-28-20(23-18)17-8-12-27-14-17)13-16-6-10-25(11-7-16)19-5-3-4-9-22-19/h3-5,8-9,12,14-16H,2,6-7,10-11,13H2,1H3. The predicted molar refractivity (Wildman–Crippen MR) is 111 cm³/mol. The zero-order chi connectivity index (χ0) is 19.3. The Morgan fingerprint density at radius 2 is 2.18 bits per heavy atom. The van der Waals surface area contributed by atoms with Gasteiger partial charge in [0.25, 0.3) is 5.91 Å². The van der Waals surface area contributed by atoms with Crippen LogP contribution in [0.4, 0.5) is 5.82 Å². The van der Waals surface area contributed by atoms with Crippen LogP contribution in [0.25, 0.3) is 10.6 Å². The Labute approximate surface area is 168 Å². The summed E-state index contributed by atoms with van der Waals surface area (Å²) in [5.41, 5.74) is 1.43. The number of amides is 1. The summed E-state index contributed by atoms with van der Waals surface area (Å²) in [7, 11) is 0. The van der Waals surface area contributed by atoms with E-state index < -0.39 is 0 Å². The molecule has 0 N–H and O–H groups in total. The molecule has 4 rings (SSSR count). The molecule has 1 amide bonds. The van der Waals surface area contributed by atoms with Gasteiger partial charge in [-0.2, -0.15) is 0 Å². The average molecular weight is 397 g/mol. The van der Waals surface area contributed by atoms with Gasteiger partial charge < -0.3 is 14.2 Å². The molecule has 0 unspecified atom stereocenters. The van der Waals surface area contributed by atoms with Gasteiger partial charge >= 0.3 is 0 Å². The summed E-state index contributed by atoms with van der Waals surface area (Å²) in [6, 6.07) is 7.89. The summed E-state index contributed by atoms with van der Waals surface area (Å²) in [6.45, 7) is 5.47. The number of furan rings is 1. The third kappa shape index (κ3) is 4.09. The predicted octanol–water partition coefficient (Wildman–Crippen LogP) is 4.18. The van der Waals surface area contributed by atoms with E-state index in [9.17, 15) is 4.79 Å². The summed E-state index contributed by atoms with van der Waals surface area (Å²) in [6.07, 6.45) is 7.24. The number of hydrogen-bond donors (Lipinski definition) is 0. The molecule has 0 aliphatic carbocycles. The lowest BCUT2D eigenvalue weighted by molar-refractivity contribution is 0.0724. The summed E-state index contributed by atoms with van der Waals surface area (Å²) in [5.74, 6) is 1.56. The van der Waals surface area contributed by atoms with Crippen molar-refractivity contribution in [1.82, 2.24) is 14.9 Å². The minimum atomic E-state index is 0.0145. The molecule has 0 atom stereocenters. The van der Waals surface area contributed by atoms with E-state index in [0.717, 1.165) is 48.9 Å². The minimum absolute atomic E-state index is 0.0145. The number of aromatic nitrogens is 2. The van der Waals surface area contributed by atoms with Crippen LogP contribution in [0.5, 0.6) is 0 Å². The van der Waals surface area contributed by atoms with Crippen LogP contribution in [0.1, 0.15) is 30.3 Å². The number of rotatable bonds is 6. The molecule has 3 aromatic heterocycles. The summed E-state index contributed by atoms with van der Waals surface area (Å²) in [4.78, 5) is 26.2. The second kappa shape index (κ2) is 8.56. The molecule has 1 aliphatic heterocycles. The van der Waals surface area contributed by atoms with Gasteiger partial charge in [-0.15, -0.1) is 11.3 Å². The molecule has 0 aromatic carbocycles. The first-order chi connectivity index (χ1) is 13.7. The van der Waals surface area contributed by atoms with Crippen molar-refractivity contribution in [3.8, 4) is 10.6 Å². The van der Waals surface area contributed by atoms with E-state index in [1.165, 1.54) is 11.3 Å². The van der Waals surface area contributed by atoms with Crippen LogP contribution in [-0.4, -0.2) is 47.0 Å². The van der Waals surface area contributed by atoms with Crippen LogP contribution >= 0.6 is 11.3 Å². The molecule has 1 aliphatic rings. The molecule has 0 spiro atoms. The van der Waals surface area contributed by atoms with E-state index in [1.54, 1.807) is 12.5 Å². The van der Waals surface area contributed by atoms with Gasteiger partial charge in [0, 0.05) is 43.3 Å². The Morgan fingerprint density at radius 1 is 1.32 bits per heavy atom. The lowest BCUT2D eigenvalue weighted by atomic mass is 9.96. The third-order valence-corrected chi connectivity index (χ3v) is 6.12. The van der Waals surface area contributed by atoms with Crippen molar-refractivity contribution in [3.05, 3.63) is 54.1 Å². The topological polar surface area (TPSA) is 62.5 Å². The van der Waals surface area contributed by atoms with Gasteiger partial charge in [0.2, 0.25) is 0 Å². The first kappa shape index (κ1) is 18.7. The molecular formula is C21H24N4O2S. The number of piperidine rings is 1. The molecule has 0 radical (unpaired) electrons. The minimum Gasteiger partial charge on any atom is -0.472 e. The lowest BCUT2D eigenvalue weighted by Crippen LogP contribution is -2.41. The quantitative estimate of drug-likeness (QED) is 0.626. The Bertz CT molecular complexity index is 886. The molecule has 6 nitrogen and oxygen atoms in total. The Kier molecular flexibility index (Phi) is 5.71. The maximum Gasteiger partial charge on any atom is 0.273 e. The normalized spacial score (nSPS) is 15.0. The van der Waals surface area contributed by atoms with Crippen molar-refractivity contribution < 1.29 is 9.21 Å². The van der Waals surface area contributed by atoms with Crippen molar-refractivity contribution >= 4 is 23.1 Å². The van der Waals surface area contributed by atoms with Gasteiger partial charge in [-0.1, -0.05) is 6.07 Å². The van der Waals surface area contributed by atoms with Crippen LogP contribution < -0.4 is 4.90 Å². The molecule has 0 bridgehead atoms. The first-order valence-electron chi connectivity index (χ1n) is 9.68. The lowest BCUT2D eigenvalue weighted by Gasteiger charge is -2.35. The molecule has 0 saturated carbocycles. The SMILES string of the molecule is CCN(CC1CCN(c2ccccn2)CC1)C(=O)c1csc(-c2ccoc2)n1. The van der Waals surface area contributed by atoms with E-state index in [2.05, 4.69) is 20.9 Å². The van der Waals surface area contributed by atoms with Gasteiger partial charge in [0.05, 0.1) is 6.26 Å². The highest BCUT2D eigenvalue weighted by Crippen LogP contribution is 2.26. The number of pyridine rings is 1. The van der Waals surface area contributed by atoms with Gasteiger partial charge in [-0.25, -0.2) is 9.97 Å². The highest BCUT2D eigenvalue weighted by molar-refractivity contribution is 7.13. The number of thiazole rings is 1. The van der Waals surface area contributed by atoms with Crippen LogP contribution in [0, 0.1) is 5.92 Å². The average Bonchev–Trinajstić information content (AvgIpc) is 3.44. The van der Waals surface area contributed by atoms with Crippen LogP contribution in [0.2, 0.25) is 0 Å². The number of nitrogens with zero attached hydrogens (tertiary/aromatic N) is 4. The fourth-order valence-corrected chi connectivity index (χ4v) is 4.39. The summed E-state index contributed by atoms with van der Waals surface area (Å²) >= 11 is 1.48. The molecule has 1 fully saturated rings.